The van der Waals surface area contributed by atoms with Gasteiger partial charge in [0, 0.05) is 22.8 Å². The van der Waals surface area contributed by atoms with Gasteiger partial charge in [-0.25, -0.2) is 21.8 Å². The van der Waals surface area contributed by atoms with Crippen molar-refractivity contribution in [1.82, 2.24) is 4.98 Å². The number of rotatable bonds is 7. The molecule has 1 heterocycles. The fraction of sp³-hybridized carbons (Fsp3) is 0.0588. The normalized spacial score (nSPS) is 11.7. The molecule has 0 bridgehead atoms. The van der Waals surface area contributed by atoms with E-state index in [0.717, 1.165) is 17.6 Å². The van der Waals surface area contributed by atoms with E-state index in [1.807, 2.05) is 0 Å². The Morgan fingerprint density at radius 3 is 2.30 bits per heavy atom. The number of aromatic nitrogens is 1. The smallest absolute Gasteiger partial charge is 0.263 e. The number of anilines is 3. The number of hydrogen-bond donors (Lipinski definition) is 3. The summed E-state index contributed by atoms with van der Waals surface area (Å²) in [5.41, 5.74) is 0.710. The summed E-state index contributed by atoms with van der Waals surface area (Å²) in [6.45, 7) is 0. The molecule has 9 nitrogen and oxygen atoms in total. The van der Waals surface area contributed by atoms with Gasteiger partial charge in [-0.2, -0.15) is 0 Å². The Morgan fingerprint density at radius 2 is 1.73 bits per heavy atom. The van der Waals surface area contributed by atoms with Gasteiger partial charge in [0.15, 0.2) is 5.13 Å². The molecule has 3 aromatic rings. The third kappa shape index (κ3) is 5.69. The molecule has 0 fully saturated rings. The zero-order chi connectivity index (χ0) is 21.9. The third-order valence-electron chi connectivity index (χ3n) is 3.60. The van der Waals surface area contributed by atoms with Crippen LogP contribution < -0.4 is 14.8 Å². The molecule has 0 aliphatic heterocycles. The van der Waals surface area contributed by atoms with Gasteiger partial charge >= 0.3 is 0 Å². The molecule has 1 amide bonds. The van der Waals surface area contributed by atoms with Gasteiger partial charge in [0.2, 0.25) is 10.0 Å². The molecule has 158 valence electrons. The van der Waals surface area contributed by atoms with Crippen molar-refractivity contribution in [3.63, 3.8) is 0 Å². The number of amides is 1. The molecule has 0 saturated heterocycles. The zero-order valence-corrected chi connectivity index (χ0v) is 18.5. The van der Waals surface area contributed by atoms with E-state index in [1.165, 1.54) is 48.7 Å². The SMILES string of the molecule is CS(=O)(=O)Nc1ccc(C(=O)Nc2ccc(S(=O)(=O)Nc3nccs3)cc2)cc1Cl. The van der Waals surface area contributed by atoms with Crippen molar-refractivity contribution in [3.8, 4) is 0 Å². The monoisotopic (exact) mass is 486 g/mol. The van der Waals surface area contributed by atoms with Gasteiger partial charge in [0.1, 0.15) is 0 Å². The van der Waals surface area contributed by atoms with Gasteiger partial charge in [0.05, 0.1) is 21.9 Å². The topological polar surface area (TPSA) is 134 Å². The molecule has 0 aliphatic rings. The molecule has 13 heteroatoms. The molecule has 3 N–H and O–H groups in total. The van der Waals surface area contributed by atoms with Crippen LogP contribution in [0.4, 0.5) is 16.5 Å². The first-order chi connectivity index (χ1) is 14.0. The number of carbonyl (C=O) groups is 1. The van der Waals surface area contributed by atoms with Crippen LogP contribution in [-0.4, -0.2) is 34.0 Å². The lowest BCUT2D eigenvalue weighted by Gasteiger charge is -2.10. The highest BCUT2D eigenvalue weighted by Crippen LogP contribution is 2.25. The highest BCUT2D eigenvalue weighted by molar-refractivity contribution is 7.93. The first kappa shape index (κ1) is 22.0. The fourth-order valence-corrected chi connectivity index (χ4v) is 4.96. The Bertz CT molecular complexity index is 1280. The first-order valence-corrected chi connectivity index (χ1v) is 12.8. The number of carbonyl (C=O) groups excluding carboxylic acids is 1. The van der Waals surface area contributed by atoms with Crippen molar-refractivity contribution in [2.45, 2.75) is 4.90 Å². The van der Waals surface area contributed by atoms with Gasteiger partial charge in [-0.05, 0) is 42.5 Å². The standard InChI is InChI=1S/C17H15ClN4O5S3/c1-29(24,25)21-15-7-2-11(10-14(15)18)16(23)20-12-3-5-13(6-4-12)30(26,27)22-17-19-8-9-28-17/h2-10,21H,1H3,(H,19,22)(H,20,23). The predicted octanol–water partition coefficient (Wildman–Crippen LogP) is 3.22. The van der Waals surface area contributed by atoms with E-state index in [9.17, 15) is 21.6 Å². The second kappa shape index (κ2) is 8.60. The second-order valence-corrected chi connectivity index (χ2v) is 10.7. The lowest BCUT2D eigenvalue weighted by Crippen LogP contribution is -2.14. The number of nitrogens with zero attached hydrogens (tertiary/aromatic N) is 1. The van der Waals surface area contributed by atoms with Crippen LogP contribution in [0.2, 0.25) is 5.02 Å². The van der Waals surface area contributed by atoms with Crippen LogP contribution >= 0.6 is 22.9 Å². The average Bonchev–Trinajstić information content (AvgIpc) is 3.15. The van der Waals surface area contributed by atoms with Crippen molar-refractivity contribution >= 4 is 65.4 Å². The van der Waals surface area contributed by atoms with Gasteiger partial charge in [0.25, 0.3) is 15.9 Å². The molecule has 1 aromatic heterocycles. The van der Waals surface area contributed by atoms with E-state index in [4.69, 9.17) is 11.6 Å². The molecule has 0 atom stereocenters. The van der Waals surface area contributed by atoms with Crippen molar-refractivity contribution in [2.24, 2.45) is 0 Å². The largest absolute Gasteiger partial charge is 0.322 e. The highest BCUT2D eigenvalue weighted by atomic mass is 35.5. The van der Waals surface area contributed by atoms with Gasteiger partial charge in [-0.15, -0.1) is 11.3 Å². The first-order valence-electron chi connectivity index (χ1n) is 8.14. The molecule has 0 radical (unpaired) electrons. The Kier molecular flexibility index (Phi) is 6.31. The van der Waals surface area contributed by atoms with E-state index in [0.29, 0.717) is 5.69 Å². The Balaban J connectivity index is 1.71. The molecule has 2 aromatic carbocycles. The van der Waals surface area contributed by atoms with Crippen LogP contribution in [0.3, 0.4) is 0 Å². The number of sulfonamides is 2. The second-order valence-electron chi connectivity index (χ2n) is 5.99. The van der Waals surface area contributed by atoms with Gasteiger partial charge < -0.3 is 5.32 Å². The van der Waals surface area contributed by atoms with Crippen molar-refractivity contribution in [3.05, 3.63) is 64.6 Å². The quantitative estimate of drug-likeness (QED) is 0.469. The molecular formula is C17H15ClN4O5S3. The molecule has 0 unspecified atom stereocenters. The maximum atomic E-state index is 12.4. The summed E-state index contributed by atoms with van der Waals surface area (Å²) < 4.78 is 51.9. The van der Waals surface area contributed by atoms with E-state index < -0.39 is 26.0 Å². The summed E-state index contributed by atoms with van der Waals surface area (Å²) in [6, 6.07) is 9.67. The Morgan fingerprint density at radius 1 is 1.03 bits per heavy atom. The van der Waals surface area contributed by atoms with E-state index in [2.05, 4.69) is 19.7 Å². The molecule has 0 spiro atoms. The number of benzene rings is 2. The van der Waals surface area contributed by atoms with Crippen LogP contribution in [-0.2, 0) is 20.0 Å². The van der Waals surface area contributed by atoms with Crippen molar-refractivity contribution in [2.75, 3.05) is 21.0 Å². The summed E-state index contributed by atoms with van der Waals surface area (Å²) in [7, 11) is -7.30. The number of nitrogens with one attached hydrogen (secondary N) is 3. The number of thiazole rings is 1. The van der Waals surface area contributed by atoms with Gasteiger partial charge in [-0.3, -0.25) is 14.2 Å². The molecule has 3 rings (SSSR count). The third-order valence-corrected chi connectivity index (χ3v) is 6.68. The molecule has 30 heavy (non-hydrogen) atoms. The van der Waals surface area contributed by atoms with Crippen molar-refractivity contribution < 1.29 is 21.6 Å². The summed E-state index contributed by atoms with van der Waals surface area (Å²) in [4.78, 5) is 16.3. The highest BCUT2D eigenvalue weighted by Gasteiger charge is 2.16. The van der Waals surface area contributed by atoms with Crippen LogP contribution in [0.5, 0.6) is 0 Å². The minimum Gasteiger partial charge on any atom is -0.322 e. The minimum atomic E-state index is -3.79. The van der Waals surface area contributed by atoms with Crippen LogP contribution in [0.1, 0.15) is 10.4 Å². The summed E-state index contributed by atoms with van der Waals surface area (Å²) >= 11 is 7.18. The van der Waals surface area contributed by atoms with E-state index >= 15 is 0 Å². The van der Waals surface area contributed by atoms with Crippen molar-refractivity contribution in [1.29, 1.82) is 0 Å². The fourth-order valence-electron chi connectivity index (χ4n) is 2.31. The number of halogens is 1. The zero-order valence-electron chi connectivity index (χ0n) is 15.3. The average molecular weight is 487 g/mol. The number of hydrogen-bond acceptors (Lipinski definition) is 7. The molecular weight excluding hydrogens is 472 g/mol. The molecule has 0 aliphatic carbocycles. The Hall–Kier alpha value is -2.67. The van der Waals surface area contributed by atoms with Crippen LogP contribution in [0.15, 0.2) is 58.9 Å². The van der Waals surface area contributed by atoms with Gasteiger partial charge in [-0.1, -0.05) is 11.6 Å². The maximum absolute atomic E-state index is 12.4. The van der Waals surface area contributed by atoms with E-state index in [-0.39, 0.29) is 26.3 Å². The van der Waals surface area contributed by atoms with E-state index in [1.54, 1.807) is 5.38 Å². The predicted molar refractivity (Wildman–Crippen MR) is 117 cm³/mol. The summed E-state index contributed by atoms with van der Waals surface area (Å²) in [5.74, 6) is -0.501. The maximum Gasteiger partial charge on any atom is 0.263 e. The Labute approximate surface area is 182 Å². The van der Waals surface area contributed by atoms with Crippen LogP contribution in [0.25, 0.3) is 0 Å². The lowest BCUT2D eigenvalue weighted by atomic mass is 10.2. The lowest BCUT2D eigenvalue weighted by molar-refractivity contribution is 0.102. The van der Waals surface area contributed by atoms with Crippen LogP contribution in [0, 0.1) is 0 Å². The molecule has 0 saturated carbocycles. The summed E-state index contributed by atoms with van der Waals surface area (Å²) in [5, 5.41) is 4.57. The summed E-state index contributed by atoms with van der Waals surface area (Å²) in [6.07, 6.45) is 2.47. The minimum absolute atomic E-state index is 0.00921.